The first-order valence-electron chi connectivity index (χ1n) is 7.32. The van der Waals surface area contributed by atoms with Crippen LogP contribution in [0.1, 0.15) is 32.6 Å². The highest BCUT2D eigenvalue weighted by Crippen LogP contribution is 2.17. The Morgan fingerprint density at radius 2 is 1.90 bits per heavy atom. The van der Waals surface area contributed by atoms with Crippen LogP contribution < -0.4 is 10.6 Å². The molecular formula is C16H24N2O3. The van der Waals surface area contributed by atoms with E-state index in [-0.39, 0.29) is 12.3 Å². The Hall–Kier alpha value is -1.88. The largest absolute Gasteiger partial charge is 0.481 e. The van der Waals surface area contributed by atoms with Crippen molar-refractivity contribution >= 4 is 17.6 Å². The maximum atomic E-state index is 12.4. The first-order valence-corrected chi connectivity index (χ1v) is 7.32. The van der Waals surface area contributed by atoms with Crippen LogP contribution in [0.3, 0.4) is 0 Å². The molecule has 0 saturated heterocycles. The normalized spacial score (nSPS) is 11.9. The third-order valence-electron chi connectivity index (χ3n) is 3.39. The third-order valence-corrected chi connectivity index (χ3v) is 3.39. The molecule has 0 aliphatic rings. The van der Waals surface area contributed by atoms with Crippen molar-refractivity contribution in [3.63, 3.8) is 0 Å². The van der Waals surface area contributed by atoms with Crippen LogP contribution in [0.15, 0.2) is 30.3 Å². The molecule has 5 heteroatoms. The second kappa shape index (κ2) is 9.13. The van der Waals surface area contributed by atoms with E-state index in [1.54, 1.807) is 4.90 Å². The average molecular weight is 292 g/mol. The summed E-state index contributed by atoms with van der Waals surface area (Å²) >= 11 is 0. The summed E-state index contributed by atoms with van der Waals surface area (Å²) in [4.78, 5) is 24.7. The fourth-order valence-electron chi connectivity index (χ4n) is 2.02. The maximum Gasteiger partial charge on any atom is 0.303 e. The number of nitrogens with two attached hydrogens (primary N) is 1. The van der Waals surface area contributed by atoms with Crippen LogP contribution in [0, 0.1) is 5.92 Å². The fraction of sp³-hybridized carbons (Fsp3) is 0.500. The summed E-state index contributed by atoms with van der Waals surface area (Å²) in [5.74, 6) is -0.510. The Morgan fingerprint density at radius 1 is 1.24 bits per heavy atom. The molecule has 1 rings (SSSR count). The zero-order valence-corrected chi connectivity index (χ0v) is 12.5. The minimum atomic E-state index is -0.841. The first kappa shape index (κ1) is 17.2. The van der Waals surface area contributed by atoms with Crippen molar-refractivity contribution in [3.8, 4) is 0 Å². The van der Waals surface area contributed by atoms with Gasteiger partial charge in [0.15, 0.2) is 0 Å². The van der Waals surface area contributed by atoms with Gasteiger partial charge < -0.3 is 15.7 Å². The van der Waals surface area contributed by atoms with E-state index >= 15 is 0 Å². The van der Waals surface area contributed by atoms with E-state index in [0.29, 0.717) is 31.8 Å². The summed E-state index contributed by atoms with van der Waals surface area (Å²) in [5, 5.41) is 8.73. The molecule has 0 fully saturated rings. The molecule has 0 aromatic heterocycles. The van der Waals surface area contributed by atoms with Crippen LogP contribution in [0.5, 0.6) is 0 Å². The highest BCUT2D eigenvalue weighted by atomic mass is 16.4. The van der Waals surface area contributed by atoms with Crippen LogP contribution in [0.25, 0.3) is 0 Å². The second-order valence-electron chi connectivity index (χ2n) is 5.26. The minimum absolute atomic E-state index is 0.0203. The van der Waals surface area contributed by atoms with Crippen molar-refractivity contribution in [1.82, 2.24) is 0 Å². The number of para-hydroxylation sites is 1. The van der Waals surface area contributed by atoms with Crippen LogP contribution in [0.4, 0.5) is 5.69 Å². The van der Waals surface area contributed by atoms with Gasteiger partial charge in [0.1, 0.15) is 0 Å². The molecule has 0 aliphatic heterocycles. The number of aliphatic carboxylic acids is 1. The minimum Gasteiger partial charge on any atom is -0.481 e. The van der Waals surface area contributed by atoms with E-state index in [1.807, 2.05) is 37.3 Å². The number of benzene rings is 1. The van der Waals surface area contributed by atoms with E-state index in [4.69, 9.17) is 10.8 Å². The number of carbonyl (C=O) groups excluding carboxylic acids is 1. The molecule has 0 saturated carbocycles. The van der Waals surface area contributed by atoms with Gasteiger partial charge in [0, 0.05) is 25.1 Å². The molecule has 0 bridgehead atoms. The zero-order valence-electron chi connectivity index (χ0n) is 12.5. The van der Waals surface area contributed by atoms with Gasteiger partial charge in [-0.2, -0.15) is 0 Å². The Labute approximate surface area is 125 Å². The molecule has 1 atom stereocenters. The molecule has 0 aliphatic carbocycles. The third kappa shape index (κ3) is 6.40. The standard InChI is InChI=1S/C16H24N2O3/c1-13(12-17)9-10-15(19)18(11-5-8-16(20)21)14-6-3-2-4-7-14/h2-4,6-7,13H,5,8-12,17H2,1H3,(H,20,21). The van der Waals surface area contributed by atoms with Crippen molar-refractivity contribution in [1.29, 1.82) is 0 Å². The van der Waals surface area contributed by atoms with Crippen LogP contribution >= 0.6 is 0 Å². The van der Waals surface area contributed by atoms with Gasteiger partial charge in [-0.1, -0.05) is 25.1 Å². The van der Waals surface area contributed by atoms with E-state index in [9.17, 15) is 9.59 Å². The second-order valence-corrected chi connectivity index (χ2v) is 5.26. The smallest absolute Gasteiger partial charge is 0.303 e. The molecule has 1 unspecified atom stereocenters. The molecule has 1 amide bonds. The van der Waals surface area contributed by atoms with E-state index in [1.165, 1.54) is 0 Å². The van der Waals surface area contributed by atoms with Crippen molar-refractivity contribution in [3.05, 3.63) is 30.3 Å². The molecule has 1 aromatic carbocycles. The van der Waals surface area contributed by atoms with Crippen molar-refractivity contribution in [2.45, 2.75) is 32.6 Å². The van der Waals surface area contributed by atoms with Gasteiger partial charge in [0.05, 0.1) is 0 Å². The summed E-state index contributed by atoms with van der Waals surface area (Å²) < 4.78 is 0. The number of rotatable bonds is 9. The average Bonchev–Trinajstić information content (AvgIpc) is 2.49. The summed E-state index contributed by atoms with van der Waals surface area (Å²) in [7, 11) is 0. The van der Waals surface area contributed by atoms with E-state index < -0.39 is 5.97 Å². The quantitative estimate of drug-likeness (QED) is 0.731. The molecule has 1 aromatic rings. The van der Waals surface area contributed by atoms with E-state index in [2.05, 4.69) is 0 Å². The number of carboxylic acids is 1. The van der Waals surface area contributed by atoms with Gasteiger partial charge in [0.2, 0.25) is 5.91 Å². The van der Waals surface area contributed by atoms with Crippen LogP contribution in [-0.4, -0.2) is 30.1 Å². The van der Waals surface area contributed by atoms with Crippen molar-refractivity contribution in [2.24, 2.45) is 11.7 Å². The van der Waals surface area contributed by atoms with Gasteiger partial charge in [-0.05, 0) is 37.4 Å². The Balaban J connectivity index is 2.67. The SMILES string of the molecule is CC(CN)CCC(=O)N(CCCC(=O)O)c1ccccc1. The number of nitrogens with zero attached hydrogens (tertiary/aromatic N) is 1. The molecule has 5 nitrogen and oxygen atoms in total. The molecule has 0 spiro atoms. The Morgan fingerprint density at radius 3 is 2.48 bits per heavy atom. The van der Waals surface area contributed by atoms with Crippen molar-refractivity contribution in [2.75, 3.05) is 18.0 Å². The topological polar surface area (TPSA) is 83.6 Å². The lowest BCUT2D eigenvalue weighted by Gasteiger charge is -2.23. The number of carboxylic acid groups (broad SMARTS) is 1. The Kier molecular flexibility index (Phi) is 7.46. The Bertz CT molecular complexity index is 448. The van der Waals surface area contributed by atoms with Crippen LogP contribution in [-0.2, 0) is 9.59 Å². The predicted molar refractivity (Wildman–Crippen MR) is 83.1 cm³/mol. The van der Waals surface area contributed by atoms with Crippen molar-refractivity contribution < 1.29 is 14.7 Å². The highest BCUT2D eigenvalue weighted by molar-refractivity contribution is 5.93. The van der Waals surface area contributed by atoms with Gasteiger partial charge in [-0.15, -0.1) is 0 Å². The predicted octanol–water partition coefficient (Wildman–Crippen LogP) is 2.26. The summed E-state index contributed by atoms with van der Waals surface area (Å²) in [5.41, 5.74) is 6.38. The van der Waals surface area contributed by atoms with Gasteiger partial charge in [-0.3, -0.25) is 9.59 Å². The van der Waals surface area contributed by atoms with Gasteiger partial charge >= 0.3 is 5.97 Å². The summed E-state index contributed by atoms with van der Waals surface area (Å²) in [6, 6.07) is 9.36. The summed E-state index contributed by atoms with van der Waals surface area (Å²) in [6.07, 6.45) is 1.69. The number of hydrogen-bond acceptors (Lipinski definition) is 3. The number of anilines is 1. The lowest BCUT2D eigenvalue weighted by molar-refractivity contribution is -0.137. The van der Waals surface area contributed by atoms with Gasteiger partial charge in [-0.25, -0.2) is 0 Å². The van der Waals surface area contributed by atoms with E-state index in [0.717, 1.165) is 12.1 Å². The number of amides is 1. The molecule has 3 N–H and O–H groups in total. The molecule has 0 heterocycles. The molecule has 21 heavy (non-hydrogen) atoms. The number of carbonyl (C=O) groups is 2. The number of hydrogen-bond donors (Lipinski definition) is 2. The molecule has 116 valence electrons. The van der Waals surface area contributed by atoms with Crippen LogP contribution in [0.2, 0.25) is 0 Å². The lowest BCUT2D eigenvalue weighted by atomic mass is 10.1. The maximum absolute atomic E-state index is 12.4. The highest BCUT2D eigenvalue weighted by Gasteiger charge is 2.16. The lowest BCUT2D eigenvalue weighted by Crippen LogP contribution is -2.32. The first-order chi connectivity index (χ1) is 10.0. The monoisotopic (exact) mass is 292 g/mol. The molecule has 0 radical (unpaired) electrons. The van der Waals surface area contributed by atoms with Gasteiger partial charge in [0.25, 0.3) is 0 Å². The fourth-order valence-corrected chi connectivity index (χ4v) is 2.02. The molecular weight excluding hydrogens is 268 g/mol. The summed E-state index contributed by atoms with van der Waals surface area (Å²) in [6.45, 7) is 3.01. The zero-order chi connectivity index (χ0) is 15.7.